The molecule has 1 amide bonds. The van der Waals surface area contributed by atoms with Crippen LogP contribution in [0.4, 0.5) is 0 Å². The number of carbonyl (C=O) groups excluding carboxylic acids is 1. The largest absolute Gasteiger partial charge is 0.493 e. The standard InChI is InChI=1S/C19H20N2O3S/c1-5-21-14-8-6-12(2)10-17(14)25-19(21)20-18(22)13-7-9-15(23-3)16(11-13)24-4/h6-11H,5H2,1-4H3. The van der Waals surface area contributed by atoms with Crippen LogP contribution < -0.4 is 14.3 Å². The molecule has 0 aliphatic rings. The second-order valence-electron chi connectivity index (χ2n) is 5.59. The third kappa shape index (κ3) is 3.30. The molecule has 0 N–H and O–H groups in total. The van der Waals surface area contributed by atoms with Gasteiger partial charge >= 0.3 is 0 Å². The Morgan fingerprint density at radius 2 is 1.88 bits per heavy atom. The summed E-state index contributed by atoms with van der Waals surface area (Å²) in [5.41, 5.74) is 2.75. The molecule has 0 bridgehead atoms. The van der Waals surface area contributed by atoms with E-state index in [0.717, 1.165) is 16.8 Å². The number of nitrogens with zero attached hydrogens (tertiary/aromatic N) is 2. The van der Waals surface area contributed by atoms with Crippen molar-refractivity contribution in [3.05, 3.63) is 52.3 Å². The first kappa shape index (κ1) is 17.2. The lowest BCUT2D eigenvalue weighted by Crippen LogP contribution is -2.15. The van der Waals surface area contributed by atoms with Crippen LogP contribution in [0.25, 0.3) is 10.2 Å². The molecule has 1 aromatic heterocycles. The summed E-state index contributed by atoms with van der Waals surface area (Å²) in [5.74, 6) is 0.797. The van der Waals surface area contributed by atoms with E-state index in [-0.39, 0.29) is 5.91 Å². The molecule has 3 rings (SSSR count). The Morgan fingerprint density at radius 3 is 2.56 bits per heavy atom. The fourth-order valence-electron chi connectivity index (χ4n) is 2.69. The Hall–Kier alpha value is -2.60. The molecule has 0 aliphatic carbocycles. The fourth-order valence-corrected chi connectivity index (χ4v) is 3.88. The van der Waals surface area contributed by atoms with E-state index in [1.54, 1.807) is 32.4 Å². The number of hydrogen-bond acceptors (Lipinski definition) is 4. The van der Waals surface area contributed by atoms with Crippen molar-refractivity contribution in [2.24, 2.45) is 4.99 Å². The molecule has 3 aromatic rings. The van der Waals surface area contributed by atoms with Gasteiger partial charge in [-0.15, -0.1) is 0 Å². The molecule has 130 valence electrons. The number of ether oxygens (including phenoxy) is 2. The van der Waals surface area contributed by atoms with Gasteiger partial charge in [0.2, 0.25) is 0 Å². The lowest BCUT2D eigenvalue weighted by Gasteiger charge is -2.07. The van der Waals surface area contributed by atoms with E-state index >= 15 is 0 Å². The van der Waals surface area contributed by atoms with Crippen molar-refractivity contribution in [3.8, 4) is 11.5 Å². The lowest BCUT2D eigenvalue weighted by molar-refractivity contribution is 0.0997. The van der Waals surface area contributed by atoms with E-state index in [0.29, 0.717) is 21.9 Å². The second-order valence-corrected chi connectivity index (χ2v) is 6.60. The lowest BCUT2D eigenvalue weighted by atomic mass is 10.2. The normalized spacial score (nSPS) is 11.8. The number of methoxy groups -OCH3 is 2. The summed E-state index contributed by atoms with van der Waals surface area (Å²) in [5, 5.41) is 0. The van der Waals surface area contributed by atoms with Crippen LogP contribution in [0, 0.1) is 6.92 Å². The zero-order valence-electron chi connectivity index (χ0n) is 14.7. The van der Waals surface area contributed by atoms with Gasteiger partial charge in [0.15, 0.2) is 16.3 Å². The van der Waals surface area contributed by atoms with Gasteiger partial charge < -0.3 is 14.0 Å². The molecular formula is C19H20N2O3S. The van der Waals surface area contributed by atoms with Crippen molar-refractivity contribution in [3.63, 3.8) is 0 Å². The summed E-state index contributed by atoms with van der Waals surface area (Å²) in [6.45, 7) is 4.86. The van der Waals surface area contributed by atoms with Gasteiger partial charge in [0.1, 0.15) is 0 Å². The van der Waals surface area contributed by atoms with E-state index in [9.17, 15) is 4.79 Å². The van der Waals surface area contributed by atoms with Crippen molar-refractivity contribution >= 4 is 27.5 Å². The number of amides is 1. The van der Waals surface area contributed by atoms with Crippen LogP contribution in [-0.2, 0) is 6.54 Å². The minimum absolute atomic E-state index is 0.300. The highest BCUT2D eigenvalue weighted by Crippen LogP contribution is 2.27. The molecule has 1 heterocycles. The number of aryl methyl sites for hydroxylation is 2. The van der Waals surface area contributed by atoms with E-state index in [1.165, 1.54) is 16.9 Å². The zero-order chi connectivity index (χ0) is 18.0. The first-order valence-corrected chi connectivity index (χ1v) is 8.80. The van der Waals surface area contributed by atoms with Crippen molar-refractivity contribution in [1.29, 1.82) is 0 Å². The molecule has 2 aromatic carbocycles. The second kappa shape index (κ2) is 7.11. The molecule has 0 spiro atoms. The van der Waals surface area contributed by atoms with Crippen LogP contribution in [0.15, 0.2) is 41.4 Å². The third-order valence-electron chi connectivity index (χ3n) is 3.98. The average molecular weight is 356 g/mol. The van der Waals surface area contributed by atoms with Gasteiger partial charge in [0.25, 0.3) is 5.91 Å². The van der Waals surface area contributed by atoms with Gasteiger partial charge in [-0.1, -0.05) is 17.4 Å². The maximum Gasteiger partial charge on any atom is 0.279 e. The van der Waals surface area contributed by atoms with Gasteiger partial charge in [-0.25, -0.2) is 0 Å². The first-order valence-electron chi connectivity index (χ1n) is 7.98. The van der Waals surface area contributed by atoms with Crippen LogP contribution in [0.1, 0.15) is 22.8 Å². The minimum Gasteiger partial charge on any atom is -0.493 e. The highest BCUT2D eigenvalue weighted by atomic mass is 32.1. The molecule has 5 nitrogen and oxygen atoms in total. The smallest absolute Gasteiger partial charge is 0.279 e. The van der Waals surface area contributed by atoms with E-state index in [4.69, 9.17) is 9.47 Å². The number of benzene rings is 2. The van der Waals surface area contributed by atoms with Gasteiger partial charge in [-0.3, -0.25) is 4.79 Å². The Morgan fingerprint density at radius 1 is 1.12 bits per heavy atom. The summed E-state index contributed by atoms with van der Waals surface area (Å²) in [6, 6.07) is 11.3. The molecule has 0 saturated carbocycles. The molecule has 0 unspecified atom stereocenters. The molecule has 0 radical (unpaired) electrons. The number of thiazole rings is 1. The van der Waals surface area contributed by atoms with E-state index < -0.39 is 0 Å². The van der Waals surface area contributed by atoms with E-state index in [2.05, 4.69) is 34.7 Å². The van der Waals surface area contributed by atoms with Crippen LogP contribution in [0.5, 0.6) is 11.5 Å². The maximum atomic E-state index is 12.6. The molecule has 0 aliphatic heterocycles. The molecule has 6 heteroatoms. The number of fused-ring (bicyclic) bond motifs is 1. The quantitative estimate of drug-likeness (QED) is 0.715. The van der Waals surface area contributed by atoms with Crippen LogP contribution >= 0.6 is 11.3 Å². The van der Waals surface area contributed by atoms with E-state index in [1.807, 2.05) is 6.92 Å². The van der Waals surface area contributed by atoms with Crippen LogP contribution in [0.3, 0.4) is 0 Å². The van der Waals surface area contributed by atoms with Crippen molar-refractivity contribution in [1.82, 2.24) is 4.57 Å². The van der Waals surface area contributed by atoms with Crippen molar-refractivity contribution in [2.75, 3.05) is 14.2 Å². The highest BCUT2D eigenvalue weighted by molar-refractivity contribution is 7.16. The zero-order valence-corrected chi connectivity index (χ0v) is 15.5. The third-order valence-corrected chi connectivity index (χ3v) is 5.02. The summed E-state index contributed by atoms with van der Waals surface area (Å²) >= 11 is 1.52. The molecular weight excluding hydrogens is 336 g/mol. The number of rotatable bonds is 4. The average Bonchev–Trinajstić information content (AvgIpc) is 2.96. The summed E-state index contributed by atoms with van der Waals surface area (Å²) < 4.78 is 13.6. The highest BCUT2D eigenvalue weighted by Gasteiger charge is 2.12. The van der Waals surface area contributed by atoms with Gasteiger partial charge in [0.05, 0.1) is 24.4 Å². The predicted octanol–water partition coefficient (Wildman–Crippen LogP) is 3.79. The fraction of sp³-hybridized carbons (Fsp3) is 0.263. The topological polar surface area (TPSA) is 52.8 Å². The van der Waals surface area contributed by atoms with Crippen LogP contribution in [-0.4, -0.2) is 24.7 Å². The SMILES string of the molecule is CCn1c(=NC(=O)c2ccc(OC)c(OC)c2)sc2cc(C)ccc21. The Bertz CT molecular complexity index is 1000. The molecule has 25 heavy (non-hydrogen) atoms. The number of carbonyl (C=O) groups is 1. The maximum absolute atomic E-state index is 12.6. The Labute approximate surface area is 150 Å². The van der Waals surface area contributed by atoms with Gasteiger partial charge in [-0.05, 0) is 49.7 Å². The van der Waals surface area contributed by atoms with Crippen molar-refractivity contribution < 1.29 is 14.3 Å². The molecule has 0 atom stereocenters. The molecule has 0 saturated heterocycles. The summed E-state index contributed by atoms with van der Waals surface area (Å²) in [6.07, 6.45) is 0. The van der Waals surface area contributed by atoms with Crippen molar-refractivity contribution in [2.45, 2.75) is 20.4 Å². The number of aromatic nitrogens is 1. The Balaban J connectivity index is 2.08. The van der Waals surface area contributed by atoms with Gasteiger partial charge in [-0.2, -0.15) is 4.99 Å². The summed E-state index contributed by atoms with van der Waals surface area (Å²) in [7, 11) is 3.11. The monoisotopic (exact) mass is 356 g/mol. The van der Waals surface area contributed by atoms with Gasteiger partial charge in [0, 0.05) is 12.1 Å². The number of hydrogen-bond donors (Lipinski definition) is 0. The molecule has 0 fully saturated rings. The Kier molecular flexibility index (Phi) is 4.90. The first-order chi connectivity index (χ1) is 12.1. The predicted molar refractivity (Wildman–Crippen MR) is 99.7 cm³/mol. The van der Waals surface area contributed by atoms with Crippen LogP contribution in [0.2, 0.25) is 0 Å². The summed E-state index contributed by atoms with van der Waals surface area (Å²) in [4.78, 5) is 17.7. The minimum atomic E-state index is -0.300.